The van der Waals surface area contributed by atoms with Gasteiger partial charge in [0.25, 0.3) is 0 Å². The Morgan fingerprint density at radius 2 is 2.00 bits per heavy atom. The summed E-state index contributed by atoms with van der Waals surface area (Å²) in [4.78, 5) is 12.8. The molecule has 0 amide bonds. The lowest BCUT2D eigenvalue weighted by molar-refractivity contribution is -0.144. The summed E-state index contributed by atoms with van der Waals surface area (Å²) < 4.78 is 129. The quantitative estimate of drug-likeness (QED) is 0.892. The first-order valence-corrected chi connectivity index (χ1v) is 4.68. The minimum Gasteiger partial charge on any atom is -0.377 e. The zero-order valence-electron chi connectivity index (χ0n) is 24.9. The van der Waals surface area contributed by atoms with Crippen molar-refractivity contribution in [2.75, 3.05) is 0 Å². The summed E-state index contributed by atoms with van der Waals surface area (Å²) in [5.74, 6) is -6.05. The largest absolute Gasteiger partial charge is 0.377 e. The molecule has 0 aromatic heterocycles. The number of aliphatic hydroxyl groups is 1. The molecule has 0 bridgehead atoms. The van der Waals surface area contributed by atoms with E-state index in [2.05, 4.69) is 0 Å². The molecule has 0 radical (unpaired) electrons. The molecule has 1 saturated carbocycles. The van der Waals surface area contributed by atoms with Crippen molar-refractivity contribution in [2.45, 2.75) is 44.4 Å². The van der Waals surface area contributed by atoms with E-state index in [1.165, 1.54) is 0 Å². The molecule has 0 heterocycles. The van der Waals surface area contributed by atoms with Crippen molar-refractivity contribution in [2.24, 2.45) is 5.89 Å². The first-order chi connectivity index (χ1) is 14.4. The van der Waals surface area contributed by atoms with Crippen LogP contribution < -0.4 is 0 Å². The number of carbonyl (C=O) groups is 1. The van der Waals surface area contributed by atoms with Crippen LogP contribution in [0.3, 0.4) is 0 Å². The third-order valence-electron chi connectivity index (χ3n) is 2.23. The molecule has 0 aliphatic heterocycles. The van der Waals surface area contributed by atoms with Gasteiger partial charge >= 0.3 is 0 Å². The maximum atomic E-state index is 12.8. The van der Waals surface area contributed by atoms with Gasteiger partial charge in [-0.3, -0.25) is 4.79 Å². The molecular formula is C15H20O2. The topological polar surface area (TPSA) is 37.3 Å². The zero-order valence-corrected chi connectivity index (χ0v) is 8.86. The van der Waals surface area contributed by atoms with Crippen molar-refractivity contribution < 1.29 is 31.8 Å². The van der Waals surface area contributed by atoms with E-state index in [-0.39, 0.29) is 0 Å². The van der Waals surface area contributed by atoms with Crippen LogP contribution >= 0.6 is 0 Å². The minimum absolute atomic E-state index is 0.470. The van der Waals surface area contributed by atoms with Gasteiger partial charge in [0.1, 0.15) is 0 Å². The molecule has 0 unspecified atom stereocenters. The Hall–Kier alpha value is -1.15. The summed E-state index contributed by atoms with van der Waals surface area (Å²) in [6.07, 6.45) is -20.5. The second-order valence-electron chi connectivity index (χ2n) is 3.27. The fourth-order valence-electron chi connectivity index (χ4n) is 1.34. The Morgan fingerprint density at radius 3 is 2.53 bits per heavy atom. The molecule has 17 heavy (non-hydrogen) atoms. The fourth-order valence-corrected chi connectivity index (χ4v) is 1.34. The van der Waals surface area contributed by atoms with Gasteiger partial charge in [-0.15, -0.1) is 0 Å². The second kappa shape index (κ2) is 5.01. The Kier molecular flexibility index (Phi) is 0.954. The van der Waals surface area contributed by atoms with Crippen molar-refractivity contribution in [1.29, 1.82) is 0 Å². The molecular weight excluding hydrogens is 212 g/mol. The second-order valence-corrected chi connectivity index (χ2v) is 3.27. The molecule has 92 valence electrons. The van der Waals surface area contributed by atoms with E-state index in [4.69, 9.17) is 21.9 Å². The number of hydrogen-bond acceptors (Lipinski definition) is 2. The van der Waals surface area contributed by atoms with Crippen LogP contribution in [-0.4, -0.2) is 10.9 Å². The number of carbonyl (C=O) groups excluding carboxylic acids is 1. The highest BCUT2D eigenvalue weighted by Crippen LogP contribution is 2.39. The van der Waals surface area contributed by atoms with Crippen LogP contribution in [0.4, 0.5) is 0 Å². The SMILES string of the molecule is [2H]c1c([2H])c([2H])c([C@](O)(C(C)=O)C2([2H])C([2H])([2H])C([2H])([2H])C([2H])([2H])C([2H])([2H])C2([2H])[2H])c([2H])c1[2H]. The van der Waals surface area contributed by atoms with Gasteiger partial charge < -0.3 is 5.11 Å². The number of benzene rings is 1. The predicted octanol–water partition coefficient (Wildman–Crippen LogP) is 3.04. The molecule has 0 saturated heterocycles. The Bertz CT molecular complexity index is 972. The summed E-state index contributed by atoms with van der Waals surface area (Å²) >= 11 is 0. The van der Waals surface area contributed by atoms with Crippen molar-refractivity contribution in [3.8, 4) is 0 Å². The lowest BCUT2D eigenvalue weighted by Crippen LogP contribution is -2.42. The Labute approximate surface area is 125 Å². The highest BCUT2D eigenvalue weighted by Gasteiger charge is 2.42. The number of Topliss-reactive ketones (excluding diaryl/α,β-unsaturated/α-hetero) is 1. The van der Waals surface area contributed by atoms with Crippen LogP contribution in [-0.2, 0) is 10.4 Å². The van der Waals surface area contributed by atoms with Gasteiger partial charge in [0.05, 0.1) is 6.85 Å². The van der Waals surface area contributed by atoms with E-state index in [9.17, 15) is 9.90 Å². The maximum Gasteiger partial charge on any atom is 0.166 e. The number of hydrogen-bond donors (Lipinski definition) is 1. The highest BCUT2D eigenvalue weighted by atomic mass is 16.3. The van der Waals surface area contributed by atoms with Crippen molar-refractivity contribution in [3.05, 3.63) is 35.8 Å². The molecule has 2 rings (SSSR count). The number of rotatable bonds is 3. The monoisotopic (exact) mass is 248 g/mol. The molecule has 1 aromatic rings. The molecule has 2 heteroatoms. The summed E-state index contributed by atoms with van der Waals surface area (Å²) in [6, 6.07) is -5.95. The van der Waals surface area contributed by atoms with Crippen LogP contribution in [0.2, 0.25) is 0 Å². The molecule has 1 aliphatic carbocycles. The smallest absolute Gasteiger partial charge is 0.166 e. The summed E-state index contributed by atoms with van der Waals surface area (Å²) in [5.41, 5.74) is -5.53. The van der Waals surface area contributed by atoms with E-state index in [1.807, 2.05) is 0 Å². The van der Waals surface area contributed by atoms with Crippen LogP contribution in [0.15, 0.2) is 30.2 Å². The third kappa shape index (κ3) is 2.27. The lowest BCUT2D eigenvalue weighted by Gasteiger charge is -2.37. The number of ketones is 1. The first kappa shape index (κ1) is 3.24. The molecule has 1 atom stereocenters. The van der Waals surface area contributed by atoms with Gasteiger partial charge in [-0.1, -0.05) is 49.3 Å². The normalized spacial score (nSPS) is 51.2. The van der Waals surface area contributed by atoms with Gasteiger partial charge in [0.2, 0.25) is 0 Å². The van der Waals surface area contributed by atoms with Gasteiger partial charge in [-0.2, -0.15) is 0 Å². The highest BCUT2D eigenvalue weighted by molar-refractivity contribution is 5.86. The average Bonchev–Trinajstić information content (AvgIpc) is 2.68. The summed E-state index contributed by atoms with van der Waals surface area (Å²) in [6.45, 7) is 0.470. The van der Waals surface area contributed by atoms with Gasteiger partial charge in [0, 0.05) is 15.1 Å². The molecule has 1 fully saturated rings. The van der Waals surface area contributed by atoms with Crippen LogP contribution in [0.5, 0.6) is 0 Å². The lowest BCUT2D eigenvalue weighted by atomic mass is 9.71. The van der Waals surface area contributed by atoms with Crippen LogP contribution in [0.1, 0.15) is 66.3 Å². The Morgan fingerprint density at radius 1 is 1.41 bits per heavy atom. The predicted molar refractivity (Wildman–Crippen MR) is 67.6 cm³/mol. The fraction of sp³-hybridized carbons (Fsp3) is 0.533. The first-order valence-electron chi connectivity index (χ1n) is 12.7. The van der Waals surface area contributed by atoms with Crippen molar-refractivity contribution in [3.63, 3.8) is 0 Å². The maximum absolute atomic E-state index is 12.8. The van der Waals surface area contributed by atoms with Gasteiger partial charge in [-0.25, -0.2) is 0 Å². The molecule has 0 spiro atoms. The van der Waals surface area contributed by atoms with Gasteiger partial charge in [-0.05, 0) is 31.1 Å². The Balaban J connectivity index is 3.25. The van der Waals surface area contributed by atoms with E-state index in [0.717, 1.165) is 0 Å². The third-order valence-corrected chi connectivity index (χ3v) is 2.23. The molecule has 1 N–H and O–H groups in total. The zero-order chi connectivity index (χ0) is 26.5. The van der Waals surface area contributed by atoms with E-state index in [1.54, 1.807) is 0 Å². The standard InChI is InChI=1S/C15H20O2/c1-12(16)15(17,13-8-4-2-5-9-13)14-10-6-3-7-11-14/h2,4-5,8-9,14,17H,3,6-7,10-11H2,1H3/t15-/m1/s1/i2D,3D2,4D,5D,6D2,7D2,8D,9D,10D2,11D2,14D. The molecule has 1 aliphatic rings. The minimum atomic E-state index is -4.30. The summed E-state index contributed by atoms with van der Waals surface area (Å²) in [7, 11) is 0. The molecule has 2 nitrogen and oxygen atoms in total. The summed E-state index contributed by atoms with van der Waals surface area (Å²) in [5, 5.41) is 11.5. The van der Waals surface area contributed by atoms with Crippen molar-refractivity contribution in [1.82, 2.24) is 0 Å². The van der Waals surface area contributed by atoms with Gasteiger partial charge in [0.15, 0.2) is 11.4 Å². The van der Waals surface area contributed by atoms with Crippen LogP contribution in [0, 0.1) is 5.89 Å². The average molecular weight is 248 g/mol. The van der Waals surface area contributed by atoms with Crippen molar-refractivity contribution >= 4 is 5.78 Å². The van der Waals surface area contributed by atoms with E-state index < -0.39 is 84.9 Å². The van der Waals surface area contributed by atoms with Crippen LogP contribution in [0.25, 0.3) is 0 Å². The van der Waals surface area contributed by atoms with E-state index >= 15 is 0 Å². The molecule has 1 aromatic carbocycles. The van der Waals surface area contributed by atoms with E-state index in [0.29, 0.717) is 6.92 Å².